The maximum Gasteiger partial charge on any atom is 0.162 e. The first kappa shape index (κ1) is 16.4. The number of hydrogen-bond acceptors (Lipinski definition) is 6. The number of benzene rings is 1. The number of ether oxygens (including phenoxy) is 4. The minimum absolute atomic E-state index is 0.320. The monoisotopic (exact) mass is 314 g/mol. The first-order valence-electron chi connectivity index (χ1n) is 7.07. The van der Waals surface area contributed by atoms with Crippen LogP contribution in [0.4, 0.5) is 0 Å². The summed E-state index contributed by atoms with van der Waals surface area (Å²) < 4.78 is 21.4. The van der Waals surface area contributed by atoms with Crippen LogP contribution in [0.15, 0.2) is 23.1 Å². The molecule has 0 aliphatic carbocycles. The van der Waals surface area contributed by atoms with Gasteiger partial charge < -0.3 is 24.1 Å². The summed E-state index contributed by atoms with van der Waals surface area (Å²) >= 11 is 1.58. The fraction of sp³-hybridized carbons (Fsp3) is 0.600. The van der Waals surface area contributed by atoms with Crippen LogP contribution in [0.2, 0.25) is 0 Å². The summed E-state index contributed by atoms with van der Waals surface area (Å²) in [5, 5.41) is 9.85. The van der Waals surface area contributed by atoms with Crippen LogP contribution in [0.25, 0.3) is 0 Å². The Bertz CT molecular complexity index is 427. The van der Waals surface area contributed by atoms with E-state index in [4.69, 9.17) is 18.9 Å². The lowest BCUT2D eigenvalue weighted by atomic mass is 10.3. The van der Waals surface area contributed by atoms with Crippen molar-refractivity contribution in [3.05, 3.63) is 18.2 Å². The van der Waals surface area contributed by atoms with Crippen molar-refractivity contribution in [1.29, 1.82) is 0 Å². The fourth-order valence-electron chi connectivity index (χ4n) is 1.84. The van der Waals surface area contributed by atoms with Gasteiger partial charge >= 0.3 is 0 Å². The molecular weight excluding hydrogens is 292 g/mol. The number of aliphatic hydroxyl groups is 1. The van der Waals surface area contributed by atoms with Crippen LogP contribution in [0.3, 0.4) is 0 Å². The Morgan fingerprint density at radius 3 is 2.86 bits per heavy atom. The summed E-state index contributed by atoms with van der Waals surface area (Å²) in [7, 11) is 1.62. The normalized spacial score (nSPS) is 15.5. The summed E-state index contributed by atoms with van der Waals surface area (Å²) in [6.45, 7) is 2.74. The predicted molar refractivity (Wildman–Crippen MR) is 81.5 cm³/mol. The van der Waals surface area contributed by atoms with Crippen molar-refractivity contribution in [3.8, 4) is 11.5 Å². The molecule has 2 rings (SSSR count). The van der Waals surface area contributed by atoms with E-state index in [1.807, 2.05) is 18.2 Å². The lowest BCUT2D eigenvalue weighted by molar-refractivity contribution is 0.0218. The Morgan fingerprint density at radius 2 is 2.05 bits per heavy atom. The lowest BCUT2D eigenvalue weighted by Gasteiger charge is -2.12. The average molecular weight is 314 g/mol. The van der Waals surface area contributed by atoms with Crippen molar-refractivity contribution in [3.63, 3.8) is 0 Å². The second-order valence-corrected chi connectivity index (χ2v) is 5.78. The van der Waals surface area contributed by atoms with Crippen LogP contribution < -0.4 is 9.47 Å². The zero-order chi connectivity index (χ0) is 14.9. The number of rotatable bonds is 8. The van der Waals surface area contributed by atoms with E-state index in [9.17, 15) is 5.11 Å². The van der Waals surface area contributed by atoms with Crippen molar-refractivity contribution >= 4 is 11.8 Å². The van der Waals surface area contributed by atoms with Gasteiger partial charge in [0.15, 0.2) is 11.5 Å². The Kier molecular flexibility index (Phi) is 7.15. The van der Waals surface area contributed by atoms with Crippen molar-refractivity contribution < 1.29 is 24.1 Å². The molecule has 0 amide bonds. The molecule has 1 aliphatic rings. The second-order valence-electron chi connectivity index (χ2n) is 4.69. The lowest BCUT2D eigenvalue weighted by Crippen LogP contribution is -2.19. The molecule has 1 aliphatic heterocycles. The molecule has 1 heterocycles. The topological polar surface area (TPSA) is 57.2 Å². The maximum absolute atomic E-state index is 9.85. The molecule has 1 unspecified atom stereocenters. The van der Waals surface area contributed by atoms with Gasteiger partial charge in [-0.15, -0.1) is 11.8 Å². The first-order chi connectivity index (χ1) is 10.3. The molecule has 0 aromatic heterocycles. The van der Waals surface area contributed by atoms with Gasteiger partial charge in [0, 0.05) is 24.2 Å². The third-order valence-corrected chi connectivity index (χ3v) is 4.04. The van der Waals surface area contributed by atoms with Gasteiger partial charge in [0.2, 0.25) is 0 Å². The Hall–Kier alpha value is -0.950. The molecule has 1 aromatic carbocycles. The average Bonchev–Trinajstić information content (AvgIpc) is 2.74. The quantitative estimate of drug-likeness (QED) is 0.585. The molecule has 6 heteroatoms. The third-order valence-electron chi connectivity index (χ3n) is 2.90. The highest BCUT2D eigenvalue weighted by Crippen LogP contribution is 2.34. The molecule has 118 valence electrons. The van der Waals surface area contributed by atoms with Gasteiger partial charge in [-0.1, -0.05) is 0 Å². The minimum atomic E-state index is -0.497. The number of hydrogen-bond donors (Lipinski definition) is 1. The number of aliphatic hydroxyl groups excluding tert-OH is 1. The molecule has 21 heavy (non-hydrogen) atoms. The molecule has 1 atom stereocenters. The van der Waals surface area contributed by atoms with E-state index in [1.54, 1.807) is 18.9 Å². The molecule has 0 bridgehead atoms. The van der Waals surface area contributed by atoms with E-state index in [-0.39, 0.29) is 0 Å². The summed E-state index contributed by atoms with van der Waals surface area (Å²) in [5.74, 6) is 2.15. The first-order valence-corrected chi connectivity index (χ1v) is 8.05. The van der Waals surface area contributed by atoms with Gasteiger partial charge in [-0.25, -0.2) is 0 Å². The highest BCUT2D eigenvalue weighted by molar-refractivity contribution is 7.99. The molecule has 0 fully saturated rings. The molecule has 0 saturated carbocycles. The maximum atomic E-state index is 9.85. The van der Waals surface area contributed by atoms with E-state index < -0.39 is 6.10 Å². The van der Waals surface area contributed by atoms with Crippen LogP contribution in [-0.2, 0) is 9.47 Å². The Labute approximate surface area is 129 Å². The van der Waals surface area contributed by atoms with Gasteiger partial charge in [-0.3, -0.25) is 0 Å². The summed E-state index contributed by atoms with van der Waals surface area (Å²) in [6.07, 6.45) is 0.400. The third kappa shape index (κ3) is 5.74. The smallest absolute Gasteiger partial charge is 0.162 e. The minimum Gasteiger partial charge on any atom is -0.490 e. The highest BCUT2D eigenvalue weighted by Gasteiger charge is 2.12. The van der Waals surface area contributed by atoms with Crippen molar-refractivity contribution in [2.24, 2.45) is 0 Å². The van der Waals surface area contributed by atoms with Crippen molar-refractivity contribution in [2.45, 2.75) is 17.4 Å². The molecule has 1 N–H and O–H groups in total. The van der Waals surface area contributed by atoms with Crippen LogP contribution in [0, 0.1) is 0 Å². The van der Waals surface area contributed by atoms with E-state index >= 15 is 0 Å². The van der Waals surface area contributed by atoms with E-state index in [0.717, 1.165) is 22.8 Å². The van der Waals surface area contributed by atoms with Crippen molar-refractivity contribution in [2.75, 3.05) is 45.9 Å². The number of fused-ring (bicyclic) bond motifs is 1. The highest BCUT2D eigenvalue weighted by atomic mass is 32.2. The summed E-state index contributed by atoms with van der Waals surface area (Å²) in [6, 6.07) is 5.87. The van der Waals surface area contributed by atoms with Gasteiger partial charge in [0.05, 0.1) is 39.1 Å². The van der Waals surface area contributed by atoms with Gasteiger partial charge in [-0.2, -0.15) is 0 Å². The van der Waals surface area contributed by atoms with Crippen LogP contribution >= 0.6 is 11.8 Å². The standard InChI is InChI=1S/C15H22O5S/c1-17-7-8-18-10-12(16)11-21-13-3-4-14-15(9-13)20-6-2-5-19-14/h3-4,9,12,16H,2,5-8,10-11H2,1H3. The SMILES string of the molecule is COCCOCC(O)CSc1ccc2c(c1)OCCCO2. The Morgan fingerprint density at radius 1 is 1.24 bits per heavy atom. The van der Waals surface area contributed by atoms with Crippen LogP contribution in [0.1, 0.15) is 6.42 Å². The molecule has 1 aromatic rings. The van der Waals surface area contributed by atoms with Crippen molar-refractivity contribution in [1.82, 2.24) is 0 Å². The zero-order valence-electron chi connectivity index (χ0n) is 12.2. The number of methoxy groups -OCH3 is 1. The van der Waals surface area contributed by atoms with Crippen LogP contribution in [0.5, 0.6) is 11.5 Å². The molecule has 0 spiro atoms. The molecular formula is C15H22O5S. The fourth-order valence-corrected chi connectivity index (χ4v) is 2.67. The van der Waals surface area contributed by atoms with E-state index in [2.05, 4.69) is 0 Å². The van der Waals surface area contributed by atoms with Gasteiger partial charge in [-0.05, 0) is 18.2 Å². The molecule has 0 saturated heterocycles. The van der Waals surface area contributed by atoms with E-state index in [0.29, 0.717) is 38.8 Å². The zero-order valence-corrected chi connectivity index (χ0v) is 13.1. The number of thioether (sulfide) groups is 1. The largest absolute Gasteiger partial charge is 0.490 e. The predicted octanol–water partition coefficient (Wildman–Crippen LogP) is 1.96. The summed E-state index contributed by atoms with van der Waals surface area (Å²) in [4.78, 5) is 1.05. The summed E-state index contributed by atoms with van der Waals surface area (Å²) in [5.41, 5.74) is 0. The van der Waals surface area contributed by atoms with E-state index in [1.165, 1.54) is 0 Å². The second kappa shape index (κ2) is 9.15. The Balaban J connectivity index is 1.76. The van der Waals surface area contributed by atoms with Gasteiger partial charge in [0.1, 0.15) is 0 Å². The van der Waals surface area contributed by atoms with Gasteiger partial charge in [0.25, 0.3) is 0 Å². The molecule has 0 radical (unpaired) electrons. The molecule has 5 nitrogen and oxygen atoms in total. The van der Waals surface area contributed by atoms with Crippen LogP contribution in [-0.4, -0.2) is 57.1 Å².